The second-order valence-electron chi connectivity index (χ2n) is 6.58. The fourth-order valence-corrected chi connectivity index (χ4v) is 2.75. The van der Waals surface area contributed by atoms with Crippen molar-refractivity contribution in [3.8, 4) is 0 Å². The molecular formula is C19H27F3N2O3. The molecule has 0 radical (unpaired) electrons. The molecule has 8 heteroatoms. The Bertz CT molecular complexity index is 633. The summed E-state index contributed by atoms with van der Waals surface area (Å²) in [5, 5.41) is 10.9. The smallest absolute Gasteiger partial charge is 0.416 e. The lowest BCUT2D eigenvalue weighted by atomic mass is 9.99. The molecule has 27 heavy (non-hydrogen) atoms. The molecule has 1 rings (SSSR count). The molecule has 0 heterocycles. The zero-order valence-corrected chi connectivity index (χ0v) is 15.4. The summed E-state index contributed by atoms with van der Waals surface area (Å²) in [5.74, 6) is -2.10. The molecule has 1 amide bonds. The number of rotatable bonds is 11. The van der Waals surface area contributed by atoms with Crippen molar-refractivity contribution in [3.63, 3.8) is 0 Å². The molecule has 0 unspecified atom stereocenters. The van der Waals surface area contributed by atoms with E-state index in [4.69, 9.17) is 10.8 Å². The number of carbonyl (C=O) groups is 2. The molecule has 0 aliphatic heterocycles. The number of hydrogen-bond acceptors (Lipinski definition) is 3. The first kappa shape index (κ1) is 23.0. The van der Waals surface area contributed by atoms with Crippen LogP contribution >= 0.6 is 0 Å². The van der Waals surface area contributed by atoms with Gasteiger partial charge in [0, 0.05) is 5.69 Å². The largest absolute Gasteiger partial charge is 0.481 e. The van der Waals surface area contributed by atoms with Crippen LogP contribution in [0.3, 0.4) is 0 Å². The van der Waals surface area contributed by atoms with Gasteiger partial charge in [0.2, 0.25) is 5.91 Å². The highest BCUT2D eigenvalue weighted by Gasteiger charge is 2.33. The predicted octanol–water partition coefficient (Wildman–Crippen LogP) is 4.35. The minimum atomic E-state index is -4.54. The summed E-state index contributed by atoms with van der Waals surface area (Å²) in [6.45, 7) is 2.10. The molecule has 1 aromatic rings. The summed E-state index contributed by atoms with van der Waals surface area (Å²) in [7, 11) is 0. The molecule has 0 fully saturated rings. The van der Waals surface area contributed by atoms with E-state index >= 15 is 0 Å². The number of hydrogen-bond donors (Lipinski definition) is 3. The second-order valence-corrected chi connectivity index (χ2v) is 6.58. The number of carboxylic acid groups (broad SMARTS) is 1. The van der Waals surface area contributed by atoms with E-state index in [-0.39, 0.29) is 11.3 Å². The first-order chi connectivity index (χ1) is 12.6. The third-order valence-corrected chi connectivity index (χ3v) is 4.21. The molecule has 0 bridgehead atoms. The number of anilines is 1. The zero-order valence-electron chi connectivity index (χ0n) is 15.4. The molecule has 0 aliphatic rings. The van der Waals surface area contributed by atoms with Gasteiger partial charge in [0.25, 0.3) is 0 Å². The maximum atomic E-state index is 13.4. The monoisotopic (exact) mass is 388 g/mol. The van der Waals surface area contributed by atoms with Gasteiger partial charge >= 0.3 is 12.1 Å². The Morgan fingerprint density at radius 3 is 2.37 bits per heavy atom. The van der Waals surface area contributed by atoms with E-state index in [0.29, 0.717) is 12.8 Å². The Labute approximate surface area is 157 Å². The summed E-state index contributed by atoms with van der Waals surface area (Å²) in [5.41, 5.74) is 4.76. The van der Waals surface area contributed by atoms with E-state index in [0.717, 1.165) is 38.2 Å². The number of unbranched alkanes of at least 4 members (excludes halogenated alkanes) is 5. The van der Waals surface area contributed by atoms with Crippen LogP contribution in [0.5, 0.6) is 0 Å². The standard InChI is InChI=1S/C19H27F3N2O3/c1-2-3-4-5-6-7-8-13-9-10-14(11-15(13)19(20,21)22)24-18(27)16(23)12-17(25)26/h9-11,16H,2-8,12,23H2,1H3,(H,24,27)(H,25,26)/t16-/m0/s1. The number of nitrogens with two attached hydrogens (primary N) is 1. The highest BCUT2D eigenvalue weighted by molar-refractivity contribution is 5.96. The fourth-order valence-electron chi connectivity index (χ4n) is 2.75. The highest BCUT2D eigenvalue weighted by atomic mass is 19.4. The third kappa shape index (κ3) is 8.43. The number of amides is 1. The van der Waals surface area contributed by atoms with E-state index in [1.54, 1.807) is 0 Å². The van der Waals surface area contributed by atoms with Crippen LogP contribution in [0.25, 0.3) is 0 Å². The molecule has 4 N–H and O–H groups in total. The number of alkyl halides is 3. The Morgan fingerprint density at radius 2 is 1.78 bits per heavy atom. The van der Waals surface area contributed by atoms with Gasteiger partial charge in [0.05, 0.1) is 18.0 Å². The Kier molecular flexibility index (Phi) is 9.28. The lowest BCUT2D eigenvalue weighted by molar-refractivity contribution is -0.139. The number of carboxylic acids is 1. The quantitative estimate of drug-likeness (QED) is 0.492. The second kappa shape index (κ2) is 10.9. The summed E-state index contributed by atoms with van der Waals surface area (Å²) in [6, 6.07) is 2.28. The van der Waals surface area contributed by atoms with Crippen LogP contribution in [0.1, 0.15) is 63.0 Å². The van der Waals surface area contributed by atoms with Crippen molar-refractivity contribution in [2.24, 2.45) is 5.73 Å². The Balaban J connectivity index is 2.78. The maximum Gasteiger partial charge on any atom is 0.416 e. The summed E-state index contributed by atoms with van der Waals surface area (Å²) in [4.78, 5) is 22.4. The molecule has 1 aromatic carbocycles. The first-order valence-corrected chi connectivity index (χ1v) is 9.13. The normalized spacial score (nSPS) is 12.6. The van der Waals surface area contributed by atoms with Crippen LogP contribution in [-0.2, 0) is 22.2 Å². The van der Waals surface area contributed by atoms with Crippen molar-refractivity contribution in [2.45, 2.75) is 70.5 Å². The van der Waals surface area contributed by atoms with Gasteiger partial charge in [-0.3, -0.25) is 9.59 Å². The van der Waals surface area contributed by atoms with E-state index < -0.39 is 36.1 Å². The maximum absolute atomic E-state index is 13.4. The average molecular weight is 388 g/mol. The number of benzene rings is 1. The van der Waals surface area contributed by atoms with Crippen molar-refractivity contribution >= 4 is 17.6 Å². The van der Waals surface area contributed by atoms with Gasteiger partial charge in [-0.1, -0.05) is 45.1 Å². The number of nitrogens with one attached hydrogen (secondary N) is 1. The lowest BCUT2D eigenvalue weighted by Gasteiger charge is -2.16. The van der Waals surface area contributed by atoms with Crippen molar-refractivity contribution in [2.75, 3.05) is 5.32 Å². The minimum absolute atomic E-state index is 0.0557. The fraction of sp³-hybridized carbons (Fsp3) is 0.579. The van der Waals surface area contributed by atoms with Crippen LogP contribution in [0.15, 0.2) is 18.2 Å². The first-order valence-electron chi connectivity index (χ1n) is 9.13. The van der Waals surface area contributed by atoms with E-state index in [9.17, 15) is 22.8 Å². The number of carbonyl (C=O) groups excluding carboxylic acids is 1. The predicted molar refractivity (Wildman–Crippen MR) is 97.4 cm³/mol. The molecule has 152 valence electrons. The lowest BCUT2D eigenvalue weighted by Crippen LogP contribution is -2.37. The van der Waals surface area contributed by atoms with Gasteiger partial charge in [-0.25, -0.2) is 0 Å². The molecule has 0 saturated carbocycles. The Hall–Kier alpha value is -2.09. The third-order valence-electron chi connectivity index (χ3n) is 4.21. The molecule has 0 saturated heterocycles. The Morgan fingerprint density at radius 1 is 1.15 bits per heavy atom. The molecule has 0 aromatic heterocycles. The molecule has 0 spiro atoms. The summed E-state index contributed by atoms with van der Waals surface area (Å²) in [6.07, 6.45) is 1.05. The van der Waals surface area contributed by atoms with Gasteiger partial charge in [0.15, 0.2) is 0 Å². The summed E-state index contributed by atoms with van der Waals surface area (Å²) < 4.78 is 40.1. The van der Waals surface area contributed by atoms with Crippen LogP contribution in [0, 0.1) is 0 Å². The van der Waals surface area contributed by atoms with Crippen molar-refractivity contribution < 1.29 is 27.9 Å². The summed E-state index contributed by atoms with van der Waals surface area (Å²) >= 11 is 0. The van der Waals surface area contributed by atoms with Crippen LogP contribution in [0.2, 0.25) is 0 Å². The number of aryl methyl sites for hydroxylation is 1. The van der Waals surface area contributed by atoms with Crippen LogP contribution < -0.4 is 11.1 Å². The molecular weight excluding hydrogens is 361 g/mol. The van der Waals surface area contributed by atoms with E-state index in [1.165, 1.54) is 12.1 Å². The SMILES string of the molecule is CCCCCCCCc1ccc(NC(=O)[C@@H](N)CC(=O)O)cc1C(F)(F)F. The topological polar surface area (TPSA) is 92.4 Å². The van der Waals surface area contributed by atoms with E-state index in [1.807, 2.05) is 0 Å². The van der Waals surface area contributed by atoms with Crippen LogP contribution in [-0.4, -0.2) is 23.0 Å². The minimum Gasteiger partial charge on any atom is -0.481 e. The van der Waals surface area contributed by atoms with Gasteiger partial charge in [-0.15, -0.1) is 0 Å². The van der Waals surface area contributed by atoms with Crippen molar-refractivity contribution in [1.29, 1.82) is 0 Å². The molecule has 5 nitrogen and oxygen atoms in total. The van der Waals surface area contributed by atoms with Crippen molar-refractivity contribution in [1.82, 2.24) is 0 Å². The molecule has 0 aliphatic carbocycles. The average Bonchev–Trinajstić information content (AvgIpc) is 2.57. The van der Waals surface area contributed by atoms with Gasteiger partial charge in [0.1, 0.15) is 0 Å². The van der Waals surface area contributed by atoms with Gasteiger partial charge in [-0.05, 0) is 30.5 Å². The zero-order chi connectivity index (χ0) is 20.4. The van der Waals surface area contributed by atoms with Gasteiger partial charge < -0.3 is 16.2 Å². The van der Waals surface area contributed by atoms with Gasteiger partial charge in [-0.2, -0.15) is 13.2 Å². The van der Waals surface area contributed by atoms with E-state index in [2.05, 4.69) is 12.2 Å². The molecule has 1 atom stereocenters. The highest BCUT2D eigenvalue weighted by Crippen LogP contribution is 2.34. The number of halogens is 3. The number of aliphatic carboxylic acids is 1. The van der Waals surface area contributed by atoms with Crippen LogP contribution in [0.4, 0.5) is 18.9 Å². The van der Waals surface area contributed by atoms with Crippen molar-refractivity contribution in [3.05, 3.63) is 29.3 Å².